The Morgan fingerprint density at radius 3 is 3.05 bits per heavy atom. The fourth-order valence-corrected chi connectivity index (χ4v) is 3.26. The molecule has 120 valence electrons. The lowest BCUT2D eigenvalue weighted by molar-refractivity contribution is -0.132. The van der Waals surface area contributed by atoms with E-state index >= 15 is 0 Å². The summed E-state index contributed by atoms with van der Waals surface area (Å²) in [4.78, 5) is 23.5. The molecule has 1 atom stereocenters. The zero-order chi connectivity index (χ0) is 15.5. The Balaban J connectivity index is 1.69. The molecule has 5 nitrogen and oxygen atoms in total. The number of nitrogens with one attached hydrogen (secondary N) is 1. The van der Waals surface area contributed by atoms with Crippen LogP contribution in [0.2, 0.25) is 0 Å². The summed E-state index contributed by atoms with van der Waals surface area (Å²) >= 11 is 0. The van der Waals surface area contributed by atoms with E-state index in [-0.39, 0.29) is 5.91 Å². The highest BCUT2D eigenvalue weighted by Gasteiger charge is 2.24. The fraction of sp³-hybridized carbons (Fsp3) is 0.706. The van der Waals surface area contributed by atoms with Crippen molar-refractivity contribution < 1.29 is 4.79 Å². The summed E-state index contributed by atoms with van der Waals surface area (Å²) in [6, 6.07) is 0.305. The van der Waals surface area contributed by atoms with Crippen LogP contribution in [0, 0.1) is 5.92 Å². The minimum atomic E-state index is 0.249. The molecule has 2 aliphatic heterocycles. The molecule has 0 aliphatic carbocycles. The maximum Gasteiger partial charge on any atom is 0.223 e. The van der Waals surface area contributed by atoms with Crippen LogP contribution in [-0.4, -0.2) is 33.9 Å². The van der Waals surface area contributed by atoms with Crippen molar-refractivity contribution in [1.82, 2.24) is 20.2 Å². The molecule has 0 aromatic carbocycles. The smallest absolute Gasteiger partial charge is 0.223 e. The molecular formula is C17H26N4O. The normalized spacial score (nSPS) is 21.8. The molecule has 0 saturated carbocycles. The average Bonchev–Trinajstić information content (AvgIpc) is 2.54. The lowest BCUT2D eigenvalue weighted by Crippen LogP contribution is -2.37. The van der Waals surface area contributed by atoms with E-state index in [9.17, 15) is 4.79 Å². The molecule has 3 heterocycles. The monoisotopic (exact) mass is 302 g/mol. The van der Waals surface area contributed by atoms with E-state index in [1.54, 1.807) is 0 Å². The average molecular weight is 302 g/mol. The Morgan fingerprint density at radius 2 is 2.32 bits per heavy atom. The predicted molar refractivity (Wildman–Crippen MR) is 85.2 cm³/mol. The van der Waals surface area contributed by atoms with Gasteiger partial charge in [0.15, 0.2) is 0 Å². The van der Waals surface area contributed by atoms with Gasteiger partial charge in [0.2, 0.25) is 5.91 Å². The number of nitrogens with zero attached hydrogens (tertiary/aromatic N) is 3. The van der Waals surface area contributed by atoms with Crippen LogP contribution in [-0.2, 0) is 17.8 Å². The van der Waals surface area contributed by atoms with E-state index in [4.69, 9.17) is 4.98 Å². The van der Waals surface area contributed by atoms with Gasteiger partial charge in [-0.05, 0) is 25.3 Å². The van der Waals surface area contributed by atoms with Gasteiger partial charge in [0.25, 0.3) is 0 Å². The van der Waals surface area contributed by atoms with Gasteiger partial charge in [-0.2, -0.15) is 0 Å². The maximum absolute atomic E-state index is 12.2. The molecule has 1 saturated heterocycles. The molecule has 22 heavy (non-hydrogen) atoms. The molecule has 3 rings (SSSR count). The van der Waals surface area contributed by atoms with Gasteiger partial charge in [-0.3, -0.25) is 4.79 Å². The Labute approximate surface area is 132 Å². The number of fused-ring (bicyclic) bond motifs is 1. The third kappa shape index (κ3) is 3.46. The van der Waals surface area contributed by atoms with Crippen LogP contribution in [0.3, 0.4) is 0 Å². The number of piperidine rings is 1. The van der Waals surface area contributed by atoms with Crippen LogP contribution in [0.25, 0.3) is 0 Å². The van der Waals surface area contributed by atoms with Crippen molar-refractivity contribution >= 4 is 5.91 Å². The molecule has 5 heteroatoms. The minimum absolute atomic E-state index is 0.249. The first-order valence-corrected chi connectivity index (χ1v) is 8.49. The van der Waals surface area contributed by atoms with Gasteiger partial charge in [-0.25, -0.2) is 9.97 Å². The Hall–Kier alpha value is -1.49. The standard InChI is InChI=1S/C17H26N4O/c1-12(2)9-16(22)21-8-6-14-13(11-21)10-19-17(20-14)15-5-3-4-7-18-15/h10,12,15,18H,3-9,11H2,1-2H3. The van der Waals surface area contributed by atoms with Crippen molar-refractivity contribution in [3.63, 3.8) is 0 Å². The first kappa shape index (κ1) is 15.4. The molecule has 1 N–H and O–H groups in total. The molecule has 1 fully saturated rings. The van der Waals surface area contributed by atoms with Gasteiger partial charge in [-0.1, -0.05) is 20.3 Å². The van der Waals surface area contributed by atoms with Crippen LogP contribution < -0.4 is 5.32 Å². The van der Waals surface area contributed by atoms with Crippen molar-refractivity contribution in [3.8, 4) is 0 Å². The second-order valence-electron chi connectivity index (χ2n) is 6.87. The lowest BCUT2D eigenvalue weighted by Gasteiger charge is -2.30. The predicted octanol–water partition coefficient (Wildman–Crippen LogP) is 2.22. The third-order valence-corrected chi connectivity index (χ3v) is 4.51. The Morgan fingerprint density at radius 1 is 1.45 bits per heavy atom. The van der Waals surface area contributed by atoms with E-state index in [0.29, 0.717) is 24.9 Å². The zero-order valence-electron chi connectivity index (χ0n) is 13.6. The summed E-state index contributed by atoms with van der Waals surface area (Å²) in [6.07, 6.45) is 7.02. The van der Waals surface area contributed by atoms with Gasteiger partial charge in [0.1, 0.15) is 5.82 Å². The number of rotatable bonds is 3. The number of hydrogen-bond acceptors (Lipinski definition) is 4. The summed E-state index contributed by atoms with van der Waals surface area (Å²) in [6.45, 7) is 6.68. The highest BCUT2D eigenvalue weighted by molar-refractivity contribution is 5.76. The van der Waals surface area contributed by atoms with Crippen LogP contribution >= 0.6 is 0 Å². The van der Waals surface area contributed by atoms with Crippen molar-refractivity contribution in [3.05, 3.63) is 23.3 Å². The van der Waals surface area contributed by atoms with Crippen molar-refractivity contribution in [2.75, 3.05) is 13.1 Å². The minimum Gasteiger partial charge on any atom is -0.338 e. The summed E-state index contributed by atoms with van der Waals surface area (Å²) in [7, 11) is 0. The summed E-state index contributed by atoms with van der Waals surface area (Å²) in [5, 5.41) is 3.50. The van der Waals surface area contributed by atoms with Crippen LogP contribution in [0.1, 0.15) is 62.7 Å². The van der Waals surface area contributed by atoms with E-state index < -0.39 is 0 Å². The second-order valence-corrected chi connectivity index (χ2v) is 6.87. The topological polar surface area (TPSA) is 58.1 Å². The van der Waals surface area contributed by atoms with Crippen LogP contribution in [0.5, 0.6) is 0 Å². The molecule has 2 aliphatic rings. The molecule has 1 unspecified atom stereocenters. The summed E-state index contributed by atoms with van der Waals surface area (Å²) in [5.74, 6) is 1.59. The Bertz CT molecular complexity index is 537. The molecular weight excluding hydrogens is 276 g/mol. The van der Waals surface area contributed by atoms with Crippen LogP contribution in [0.15, 0.2) is 6.20 Å². The molecule has 1 aromatic rings. The van der Waals surface area contributed by atoms with E-state index in [1.165, 1.54) is 12.8 Å². The number of carbonyl (C=O) groups is 1. The summed E-state index contributed by atoms with van der Waals surface area (Å²) < 4.78 is 0. The number of amides is 1. The second kappa shape index (κ2) is 6.73. The van der Waals surface area contributed by atoms with Crippen molar-refractivity contribution in [2.24, 2.45) is 5.92 Å². The lowest BCUT2D eigenvalue weighted by atomic mass is 10.0. The quantitative estimate of drug-likeness (QED) is 0.930. The maximum atomic E-state index is 12.2. The number of aromatic nitrogens is 2. The van der Waals surface area contributed by atoms with Crippen molar-refractivity contribution in [2.45, 2.75) is 58.5 Å². The van der Waals surface area contributed by atoms with E-state index in [2.05, 4.69) is 24.1 Å². The van der Waals surface area contributed by atoms with Gasteiger partial charge in [-0.15, -0.1) is 0 Å². The number of carbonyl (C=O) groups excluding carboxylic acids is 1. The van der Waals surface area contributed by atoms with E-state index in [0.717, 1.165) is 43.0 Å². The SMILES string of the molecule is CC(C)CC(=O)N1CCc2nc(C3CCCCN3)ncc2C1. The van der Waals surface area contributed by atoms with Gasteiger partial charge in [0.05, 0.1) is 11.7 Å². The molecule has 1 aromatic heterocycles. The first-order valence-electron chi connectivity index (χ1n) is 8.49. The highest BCUT2D eigenvalue weighted by Crippen LogP contribution is 2.23. The highest BCUT2D eigenvalue weighted by atomic mass is 16.2. The summed E-state index contributed by atoms with van der Waals surface area (Å²) in [5.41, 5.74) is 2.24. The van der Waals surface area contributed by atoms with E-state index in [1.807, 2.05) is 11.1 Å². The fourth-order valence-electron chi connectivity index (χ4n) is 3.26. The molecule has 0 radical (unpaired) electrons. The Kier molecular flexibility index (Phi) is 4.71. The van der Waals surface area contributed by atoms with Gasteiger partial charge < -0.3 is 10.2 Å². The third-order valence-electron chi connectivity index (χ3n) is 4.51. The first-order chi connectivity index (χ1) is 10.6. The largest absolute Gasteiger partial charge is 0.338 e. The number of hydrogen-bond donors (Lipinski definition) is 1. The van der Waals surface area contributed by atoms with Gasteiger partial charge in [0, 0.05) is 37.7 Å². The zero-order valence-corrected chi connectivity index (χ0v) is 13.6. The van der Waals surface area contributed by atoms with Crippen LogP contribution in [0.4, 0.5) is 0 Å². The molecule has 0 spiro atoms. The molecule has 0 bridgehead atoms. The van der Waals surface area contributed by atoms with Gasteiger partial charge >= 0.3 is 0 Å². The molecule has 1 amide bonds. The van der Waals surface area contributed by atoms with Crippen molar-refractivity contribution in [1.29, 1.82) is 0 Å².